The molecule has 2 N–H and O–H groups in total. The van der Waals surface area contributed by atoms with Crippen LogP contribution < -0.4 is 0 Å². The molecule has 0 fully saturated rings. The topological polar surface area (TPSA) is 49.7 Å². The summed E-state index contributed by atoms with van der Waals surface area (Å²) in [5, 5.41) is 17.6. The Bertz CT molecular complexity index is 236. The molecule has 0 saturated heterocycles. The van der Waals surface area contributed by atoms with Gasteiger partial charge in [-0.05, 0) is 18.1 Å². The highest BCUT2D eigenvalue weighted by Gasteiger charge is 1.95. The quantitative estimate of drug-likeness (QED) is 0.751. The molecular weight excluding hydrogens is 180 g/mol. The fraction of sp³-hybridized carbons (Fsp3) is 0.455. The Hall–Kier alpha value is -0.900. The number of hydrogen-bond acceptors (Lipinski definition) is 3. The summed E-state index contributed by atoms with van der Waals surface area (Å²) in [6.45, 7) is 2.02. The fourth-order valence-corrected chi connectivity index (χ4v) is 1.13. The maximum absolute atomic E-state index is 8.80. The van der Waals surface area contributed by atoms with E-state index in [2.05, 4.69) is 4.74 Å². The molecule has 0 aliphatic rings. The number of hydrogen-bond donors (Lipinski definition) is 2. The van der Waals surface area contributed by atoms with E-state index in [4.69, 9.17) is 10.2 Å². The van der Waals surface area contributed by atoms with E-state index in [1.807, 2.05) is 19.1 Å². The average molecular weight is 198 g/mol. The zero-order valence-electron chi connectivity index (χ0n) is 8.95. The summed E-state index contributed by atoms with van der Waals surface area (Å²) in [5.41, 5.74) is 2.78. The van der Waals surface area contributed by atoms with Crippen LogP contribution in [-0.2, 0) is 18.0 Å². The van der Waals surface area contributed by atoms with Crippen LogP contribution >= 0.6 is 0 Å². The van der Waals surface area contributed by atoms with Crippen LogP contribution in [-0.4, -0.2) is 24.4 Å². The minimum absolute atomic E-state index is 0.0364. The number of aryl methyl sites for hydroxylation is 1. The second-order valence-electron chi connectivity index (χ2n) is 3.05. The van der Waals surface area contributed by atoms with E-state index < -0.39 is 0 Å². The zero-order chi connectivity index (χ0) is 11.0. The first-order chi connectivity index (χ1) is 6.67. The Morgan fingerprint density at radius 3 is 1.64 bits per heavy atom. The number of aliphatic hydroxyl groups excluding tert-OH is 2. The number of benzene rings is 1. The molecule has 0 bridgehead atoms. The summed E-state index contributed by atoms with van der Waals surface area (Å²) in [6.07, 6.45) is 0. The minimum atomic E-state index is 0.0364. The van der Waals surface area contributed by atoms with Crippen LogP contribution in [0.2, 0.25) is 0 Å². The van der Waals surface area contributed by atoms with Gasteiger partial charge in [0, 0.05) is 14.2 Å². The minimum Gasteiger partial charge on any atom is -0.392 e. The lowest BCUT2D eigenvalue weighted by atomic mass is 10.1. The van der Waals surface area contributed by atoms with Crippen molar-refractivity contribution in [3.05, 3.63) is 34.9 Å². The molecule has 0 atom stereocenters. The molecule has 0 aliphatic carbocycles. The third kappa shape index (κ3) is 4.97. The molecule has 0 radical (unpaired) electrons. The van der Waals surface area contributed by atoms with E-state index in [-0.39, 0.29) is 13.2 Å². The van der Waals surface area contributed by atoms with Crippen molar-refractivity contribution in [1.82, 2.24) is 0 Å². The van der Waals surface area contributed by atoms with Crippen molar-refractivity contribution in [1.29, 1.82) is 0 Å². The molecule has 1 aromatic rings. The summed E-state index contributed by atoms with van der Waals surface area (Å²) in [4.78, 5) is 0. The molecule has 0 spiro atoms. The highest BCUT2D eigenvalue weighted by Crippen LogP contribution is 2.09. The van der Waals surface area contributed by atoms with Crippen LogP contribution in [0.15, 0.2) is 18.2 Å². The molecule has 3 heteroatoms. The normalized spacial score (nSPS) is 9.21. The second kappa shape index (κ2) is 7.50. The van der Waals surface area contributed by atoms with Gasteiger partial charge in [0.15, 0.2) is 0 Å². The third-order valence-corrected chi connectivity index (χ3v) is 1.56. The number of aliphatic hydroxyl groups is 2. The van der Waals surface area contributed by atoms with Gasteiger partial charge in [-0.15, -0.1) is 0 Å². The van der Waals surface area contributed by atoms with E-state index in [9.17, 15) is 0 Å². The molecule has 1 rings (SSSR count). The van der Waals surface area contributed by atoms with Crippen molar-refractivity contribution in [2.75, 3.05) is 14.2 Å². The largest absolute Gasteiger partial charge is 0.392 e. The van der Waals surface area contributed by atoms with E-state index in [1.54, 1.807) is 20.3 Å². The van der Waals surface area contributed by atoms with Gasteiger partial charge in [0.1, 0.15) is 0 Å². The Kier molecular flexibility index (Phi) is 7.02. The van der Waals surface area contributed by atoms with E-state index in [0.717, 1.165) is 16.7 Å². The van der Waals surface area contributed by atoms with E-state index >= 15 is 0 Å². The lowest BCUT2D eigenvalue weighted by molar-refractivity contribution is 0.275. The second-order valence-corrected chi connectivity index (χ2v) is 3.05. The first kappa shape index (κ1) is 13.1. The molecular formula is C11H18O3. The van der Waals surface area contributed by atoms with Crippen LogP contribution in [0, 0.1) is 6.92 Å². The van der Waals surface area contributed by atoms with Gasteiger partial charge >= 0.3 is 0 Å². The van der Waals surface area contributed by atoms with Gasteiger partial charge in [0.05, 0.1) is 13.2 Å². The lowest BCUT2D eigenvalue weighted by Crippen LogP contribution is -1.89. The van der Waals surface area contributed by atoms with Gasteiger partial charge in [-0.3, -0.25) is 0 Å². The molecule has 0 aliphatic heterocycles. The van der Waals surface area contributed by atoms with Gasteiger partial charge in [-0.25, -0.2) is 0 Å². The van der Waals surface area contributed by atoms with Crippen LogP contribution in [0.5, 0.6) is 0 Å². The molecule has 14 heavy (non-hydrogen) atoms. The average Bonchev–Trinajstić information content (AvgIpc) is 2.18. The summed E-state index contributed by atoms with van der Waals surface area (Å²) < 4.78 is 4.25. The molecule has 1 aromatic carbocycles. The van der Waals surface area contributed by atoms with Gasteiger partial charge in [-0.2, -0.15) is 0 Å². The fourth-order valence-electron chi connectivity index (χ4n) is 1.13. The Morgan fingerprint density at radius 2 is 1.36 bits per heavy atom. The number of ether oxygens (including phenoxy) is 1. The molecule has 0 unspecified atom stereocenters. The molecule has 0 aromatic heterocycles. The Morgan fingerprint density at radius 1 is 1.00 bits per heavy atom. The number of rotatable bonds is 2. The van der Waals surface area contributed by atoms with Gasteiger partial charge in [0.25, 0.3) is 0 Å². The lowest BCUT2D eigenvalue weighted by Gasteiger charge is -2.02. The Labute approximate surface area is 85.0 Å². The van der Waals surface area contributed by atoms with Crippen LogP contribution in [0.1, 0.15) is 16.7 Å². The van der Waals surface area contributed by atoms with Gasteiger partial charge < -0.3 is 14.9 Å². The zero-order valence-corrected chi connectivity index (χ0v) is 8.95. The SMILES string of the molecule is COC.Cc1cc(CO)cc(CO)c1. The Balaban J connectivity index is 0.000000500. The monoisotopic (exact) mass is 198 g/mol. The smallest absolute Gasteiger partial charge is 0.0682 e. The van der Waals surface area contributed by atoms with Crippen LogP contribution in [0.25, 0.3) is 0 Å². The highest BCUT2D eigenvalue weighted by molar-refractivity contribution is 5.28. The summed E-state index contributed by atoms with van der Waals surface area (Å²) in [7, 11) is 3.25. The third-order valence-electron chi connectivity index (χ3n) is 1.56. The van der Waals surface area contributed by atoms with E-state index in [0.29, 0.717) is 0 Å². The van der Waals surface area contributed by atoms with Crippen LogP contribution in [0.4, 0.5) is 0 Å². The first-order valence-electron chi connectivity index (χ1n) is 4.39. The molecule has 0 heterocycles. The van der Waals surface area contributed by atoms with Crippen molar-refractivity contribution in [3.63, 3.8) is 0 Å². The molecule has 0 saturated carbocycles. The molecule has 80 valence electrons. The molecule has 0 amide bonds. The summed E-state index contributed by atoms with van der Waals surface area (Å²) in [6, 6.07) is 5.60. The summed E-state index contributed by atoms with van der Waals surface area (Å²) in [5.74, 6) is 0. The van der Waals surface area contributed by atoms with Crippen molar-refractivity contribution < 1.29 is 14.9 Å². The predicted molar refractivity (Wildman–Crippen MR) is 56.0 cm³/mol. The predicted octanol–water partition coefficient (Wildman–Crippen LogP) is 1.24. The van der Waals surface area contributed by atoms with Crippen molar-refractivity contribution >= 4 is 0 Å². The van der Waals surface area contributed by atoms with Crippen molar-refractivity contribution in [3.8, 4) is 0 Å². The van der Waals surface area contributed by atoms with Crippen molar-refractivity contribution in [2.45, 2.75) is 20.1 Å². The van der Waals surface area contributed by atoms with E-state index in [1.165, 1.54) is 0 Å². The van der Waals surface area contributed by atoms with Crippen molar-refractivity contribution in [2.24, 2.45) is 0 Å². The van der Waals surface area contributed by atoms with Gasteiger partial charge in [0.2, 0.25) is 0 Å². The highest BCUT2D eigenvalue weighted by atomic mass is 16.4. The molecule has 3 nitrogen and oxygen atoms in total. The standard InChI is InChI=1S/C9H12O2.C2H6O/c1-7-2-8(5-10)4-9(3-7)6-11;1-3-2/h2-4,10-11H,5-6H2,1H3;1-2H3. The summed E-state index contributed by atoms with van der Waals surface area (Å²) >= 11 is 0. The first-order valence-corrected chi connectivity index (χ1v) is 4.39. The maximum atomic E-state index is 8.80. The van der Waals surface area contributed by atoms with Gasteiger partial charge in [-0.1, -0.05) is 23.8 Å². The number of methoxy groups -OCH3 is 1. The van der Waals surface area contributed by atoms with Crippen LogP contribution in [0.3, 0.4) is 0 Å². The maximum Gasteiger partial charge on any atom is 0.0682 e.